The molecule has 1 heterocycles. The molecule has 136 valence electrons. The van der Waals surface area contributed by atoms with Gasteiger partial charge in [0.15, 0.2) is 0 Å². The molecule has 0 bridgehead atoms. The van der Waals surface area contributed by atoms with Crippen molar-refractivity contribution in [1.82, 2.24) is 5.32 Å². The molecule has 6 nitrogen and oxygen atoms in total. The van der Waals surface area contributed by atoms with Gasteiger partial charge >= 0.3 is 6.03 Å². The third-order valence-corrected chi connectivity index (χ3v) is 4.29. The zero-order chi connectivity index (χ0) is 18.5. The van der Waals surface area contributed by atoms with Crippen LogP contribution in [-0.4, -0.2) is 31.1 Å². The number of rotatable bonds is 5. The third kappa shape index (κ3) is 3.96. The van der Waals surface area contributed by atoms with E-state index >= 15 is 0 Å². The summed E-state index contributed by atoms with van der Waals surface area (Å²) < 4.78 is 5.37. The van der Waals surface area contributed by atoms with Crippen molar-refractivity contribution in [3.63, 3.8) is 0 Å². The average molecular weight is 353 g/mol. The van der Waals surface area contributed by atoms with E-state index in [1.54, 1.807) is 36.1 Å². The van der Waals surface area contributed by atoms with Gasteiger partial charge in [0.05, 0.1) is 6.61 Å². The molecule has 3 amide bonds. The van der Waals surface area contributed by atoms with Crippen LogP contribution in [0.1, 0.15) is 19.4 Å². The van der Waals surface area contributed by atoms with E-state index in [4.69, 9.17) is 4.74 Å². The SMILES string of the molecule is CCOc1ccc(NC(=O)NC(C)C(=O)N2CCc3ccccc32)cc1. The Balaban J connectivity index is 1.56. The summed E-state index contributed by atoms with van der Waals surface area (Å²) in [6, 6.07) is 13.9. The van der Waals surface area contributed by atoms with Gasteiger partial charge in [-0.2, -0.15) is 0 Å². The molecule has 2 aromatic carbocycles. The summed E-state index contributed by atoms with van der Waals surface area (Å²) in [7, 11) is 0. The van der Waals surface area contributed by atoms with Gasteiger partial charge in [-0.25, -0.2) is 4.79 Å². The van der Waals surface area contributed by atoms with E-state index < -0.39 is 12.1 Å². The number of fused-ring (bicyclic) bond motifs is 1. The van der Waals surface area contributed by atoms with Crippen molar-refractivity contribution >= 4 is 23.3 Å². The van der Waals surface area contributed by atoms with Gasteiger partial charge in [-0.15, -0.1) is 0 Å². The molecule has 0 aliphatic carbocycles. The van der Waals surface area contributed by atoms with Crippen LogP contribution >= 0.6 is 0 Å². The van der Waals surface area contributed by atoms with Crippen molar-refractivity contribution in [3.05, 3.63) is 54.1 Å². The maximum atomic E-state index is 12.7. The maximum absolute atomic E-state index is 12.7. The maximum Gasteiger partial charge on any atom is 0.319 e. The lowest BCUT2D eigenvalue weighted by molar-refractivity contribution is -0.119. The number of carbonyl (C=O) groups excluding carboxylic acids is 2. The van der Waals surface area contributed by atoms with Gasteiger partial charge in [-0.1, -0.05) is 18.2 Å². The zero-order valence-electron chi connectivity index (χ0n) is 15.0. The van der Waals surface area contributed by atoms with Crippen LogP contribution < -0.4 is 20.3 Å². The number of ether oxygens (including phenoxy) is 1. The summed E-state index contributed by atoms with van der Waals surface area (Å²) >= 11 is 0. The lowest BCUT2D eigenvalue weighted by atomic mass is 10.2. The Bertz CT molecular complexity index is 789. The van der Waals surface area contributed by atoms with Crippen molar-refractivity contribution < 1.29 is 14.3 Å². The second-order valence-electron chi connectivity index (χ2n) is 6.15. The topological polar surface area (TPSA) is 70.7 Å². The zero-order valence-corrected chi connectivity index (χ0v) is 15.0. The number of para-hydroxylation sites is 1. The smallest absolute Gasteiger partial charge is 0.319 e. The molecular formula is C20H23N3O3. The molecule has 0 radical (unpaired) electrons. The standard InChI is InChI=1S/C20H23N3O3/c1-3-26-17-10-8-16(9-11-17)22-20(25)21-14(2)19(24)23-13-12-15-6-4-5-7-18(15)23/h4-11,14H,3,12-13H2,1-2H3,(H2,21,22,25). The monoisotopic (exact) mass is 353 g/mol. The van der Waals surface area contributed by atoms with Crippen LogP contribution in [0.25, 0.3) is 0 Å². The first-order valence-electron chi connectivity index (χ1n) is 8.78. The highest BCUT2D eigenvalue weighted by molar-refractivity contribution is 6.01. The molecular weight excluding hydrogens is 330 g/mol. The summed E-state index contributed by atoms with van der Waals surface area (Å²) in [6.45, 7) is 4.84. The van der Waals surface area contributed by atoms with E-state index in [0.29, 0.717) is 18.8 Å². The number of anilines is 2. The van der Waals surface area contributed by atoms with E-state index in [9.17, 15) is 9.59 Å². The van der Waals surface area contributed by atoms with Gasteiger partial charge in [0.25, 0.3) is 0 Å². The van der Waals surface area contributed by atoms with Crippen LogP contribution in [0.4, 0.5) is 16.2 Å². The van der Waals surface area contributed by atoms with Crippen molar-refractivity contribution in [1.29, 1.82) is 0 Å². The Morgan fingerprint density at radius 1 is 1.15 bits per heavy atom. The molecule has 0 fully saturated rings. The molecule has 6 heteroatoms. The summed E-state index contributed by atoms with van der Waals surface area (Å²) in [4.78, 5) is 26.6. The first-order valence-corrected chi connectivity index (χ1v) is 8.78. The van der Waals surface area contributed by atoms with Crippen LogP contribution in [0.5, 0.6) is 5.75 Å². The number of urea groups is 1. The number of hydrogen-bond donors (Lipinski definition) is 2. The molecule has 0 saturated heterocycles. The Morgan fingerprint density at radius 2 is 1.88 bits per heavy atom. The first-order chi connectivity index (χ1) is 12.6. The fourth-order valence-corrected chi connectivity index (χ4v) is 3.03. The number of hydrogen-bond acceptors (Lipinski definition) is 3. The minimum absolute atomic E-state index is 0.114. The van der Waals surface area contributed by atoms with Crippen LogP contribution in [0.15, 0.2) is 48.5 Å². The molecule has 1 aliphatic heterocycles. The molecule has 1 unspecified atom stereocenters. The Labute approximate surface area is 153 Å². The van der Waals surface area contributed by atoms with Gasteiger partial charge in [0.2, 0.25) is 5.91 Å². The van der Waals surface area contributed by atoms with E-state index in [1.165, 1.54) is 0 Å². The first kappa shape index (κ1) is 17.8. The second kappa shape index (κ2) is 7.91. The predicted molar refractivity (Wildman–Crippen MR) is 102 cm³/mol. The number of benzene rings is 2. The van der Waals surface area contributed by atoms with Gasteiger partial charge in [0, 0.05) is 17.9 Å². The molecule has 26 heavy (non-hydrogen) atoms. The highest BCUT2D eigenvalue weighted by Crippen LogP contribution is 2.27. The molecule has 2 aromatic rings. The molecule has 1 aliphatic rings. The van der Waals surface area contributed by atoms with Crippen LogP contribution in [0.2, 0.25) is 0 Å². The summed E-state index contributed by atoms with van der Waals surface area (Å²) in [5.41, 5.74) is 2.72. The number of nitrogens with zero attached hydrogens (tertiary/aromatic N) is 1. The van der Waals surface area contributed by atoms with Gasteiger partial charge in [-0.3, -0.25) is 4.79 Å². The molecule has 1 atom stereocenters. The Morgan fingerprint density at radius 3 is 2.62 bits per heavy atom. The lowest BCUT2D eigenvalue weighted by Gasteiger charge is -2.22. The number of nitrogens with one attached hydrogen (secondary N) is 2. The van der Waals surface area contributed by atoms with Crippen molar-refractivity contribution in [3.8, 4) is 5.75 Å². The molecule has 2 N–H and O–H groups in total. The minimum atomic E-state index is -0.621. The number of amides is 3. The quantitative estimate of drug-likeness (QED) is 0.867. The molecule has 3 rings (SSSR count). The lowest BCUT2D eigenvalue weighted by Crippen LogP contribution is -2.47. The highest BCUT2D eigenvalue weighted by atomic mass is 16.5. The molecule has 0 saturated carbocycles. The van der Waals surface area contributed by atoms with Gasteiger partial charge < -0.3 is 20.3 Å². The van der Waals surface area contributed by atoms with Crippen LogP contribution in [-0.2, 0) is 11.2 Å². The van der Waals surface area contributed by atoms with E-state index in [2.05, 4.69) is 10.6 Å². The van der Waals surface area contributed by atoms with Crippen molar-refractivity contribution in [2.24, 2.45) is 0 Å². The fraction of sp³-hybridized carbons (Fsp3) is 0.300. The Hall–Kier alpha value is -3.02. The highest BCUT2D eigenvalue weighted by Gasteiger charge is 2.28. The Kier molecular flexibility index (Phi) is 5.41. The van der Waals surface area contributed by atoms with Crippen LogP contribution in [0.3, 0.4) is 0 Å². The van der Waals surface area contributed by atoms with Crippen LogP contribution in [0, 0.1) is 0 Å². The molecule has 0 spiro atoms. The summed E-state index contributed by atoms with van der Waals surface area (Å²) in [5.74, 6) is 0.631. The van der Waals surface area contributed by atoms with Crippen molar-refractivity contribution in [2.45, 2.75) is 26.3 Å². The van der Waals surface area contributed by atoms with E-state index in [-0.39, 0.29) is 5.91 Å². The van der Waals surface area contributed by atoms with E-state index in [0.717, 1.165) is 23.4 Å². The van der Waals surface area contributed by atoms with E-state index in [1.807, 2.05) is 31.2 Å². The number of carbonyl (C=O) groups is 2. The third-order valence-electron chi connectivity index (χ3n) is 4.29. The van der Waals surface area contributed by atoms with Gasteiger partial charge in [-0.05, 0) is 56.2 Å². The average Bonchev–Trinajstić information content (AvgIpc) is 3.07. The largest absolute Gasteiger partial charge is 0.494 e. The molecule has 0 aromatic heterocycles. The summed E-state index contributed by atoms with van der Waals surface area (Å²) in [6.07, 6.45) is 0.840. The second-order valence-corrected chi connectivity index (χ2v) is 6.15. The fourth-order valence-electron chi connectivity index (χ4n) is 3.03. The summed E-state index contributed by atoms with van der Waals surface area (Å²) in [5, 5.41) is 5.43. The van der Waals surface area contributed by atoms with Gasteiger partial charge in [0.1, 0.15) is 11.8 Å². The normalized spacial score (nSPS) is 13.7. The minimum Gasteiger partial charge on any atom is -0.494 e. The predicted octanol–water partition coefficient (Wildman–Crippen LogP) is 3.18. The van der Waals surface area contributed by atoms with Crippen molar-refractivity contribution in [2.75, 3.05) is 23.4 Å².